The predicted molar refractivity (Wildman–Crippen MR) is 55.8 cm³/mol. The molecule has 0 aromatic heterocycles. The van der Waals surface area contributed by atoms with Crippen LogP contribution in [-0.4, -0.2) is 23.5 Å². The number of hydrogen-bond donors (Lipinski definition) is 1. The number of rotatable bonds is 2. The van der Waals surface area contributed by atoms with Crippen LogP contribution in [0.5, 0.6) is 0 Å². The molecule has 2 fully saturated rings. The Balaban J connectivity index is 1.73. The van der Waals surface area contributed by atoms with E-state index in [0.29, 0.717) is 23.8 Å². The van der Waals surface area contributed by atoms with Crippen molar-refractivity contribution in [2.75, 3.05) is 11.5 Å². The maximum atomic E-state index is 11.6. The van der Waals surface area contributed by atoms with Gasteiger partial charge in [0.05, 0.1) is 0 Å². The van der Waals surface area contributed by atoms with E-state index < -0.39 is 0 Å². The molecule has 2 atom stereocenters. The zero-order valence-corrected chi connectivity index (χ0v) is 8.90. The van der Waals surface area contributed by atoms with Crippen LogP contribution in [0.3, 0.4) is 0 Å². The summed E-state index contributed by atoms with van der Waals surface area (Å²) in [7, 11) is 0. The Bertz CT molecular complexity index is 201. The monoisotopic (exact) mass is 199 g/mol. The number of nitrogens with one attached hydrogen (secondary N) is 1. The molecular weight excluding hydrogens is 182 g/mol. The highest BCUT2D eigenvalue weighted by atomic mass is 32.2. The molecule has 2 rings (SSSR count). The third kappa shape index (κ3) is 2.39. The summed E-state index contributed by atoms with van der Waals surface area (Å²) in [6.07, 6.45) is 3.43. The Kier molecular flexibility index (Phi) is 2.82. The number of carbonyl (C=O) groups excluding carboxylic acids is 1. The minimum Gasteiger partial charge on any atom is -0.353 e. The van der Waals surface area contributed by atoms with Crippen LogP contribution in [0, 0.1) is 11.8 Å². The topological polar surface area (TPSA) is 29.1 Å². The molecule has 2 nitrogen and oxygen atoms in total. The van der Waals surface area contributed by atoms with Crippen LogP contribution < -0.4 is 5.32 Å². The lowest BCUT2D eigenvalue weighted by molar-refractivity contribution is -0.123. The number of thioether (sulfide) groups is 1. The van der Waals surface area contributed by atoms with Crippen molar-refractivity contribution in [3.8, 4) is 0 Å². The average Bonchev–Trinajstić information content (AvgIpc) is 2.84. The SMILES string of the molecule is C[C@H]1C[C@@H]1C(=O)NC1CCSCC1. The maximum Gasteiger partial charge on any atom is 0.223 e. The Morgan fingerprint density at radius 1 is 1.38 bits per heavy atom. The first-order valence-corrected chi connectivity index (χ1v) is 6.31. The zero-order chi connectivity index (χ0) is 9.26. The quantitative estimate of drug-likeness (QED) is 0.732. The van der Waals surface area contributed by atoms with E-state index in [2.05, 4.69) is 12.2 Å². The summed E-state index contributed by atoms with van der Waals surface area (Å²) in [6, 6.07) is 0.474. The average molecular weight is 199 g/mol. The van der Waals surface area contributed by atoms with Gasteiger partial charge in [-0.25, -0.2) is 0 Å². The molecule has 0 radical (unpaired) electrons. The highest BCUT2D eigenvalue weighted by Crippen LogP contribution is 2.37. The molecule has 0 spiro atoms. The smallest absolute Gasteiger partial charge is 0.223 e. The molecule has 2 aliphatic rings. The van der Waals surface area contributed by atoms with Gasteiger partial charge in [-0.05, 0) is 36.7 Å². The summed E-state index contributed by atoms with van der Waals surface area (Å²) in [5.41, 5.74) is 0. The van der Waals surface area contributed by atoms with Crippen LogP contribution in [0.1, 0.15) is 26.2 Å². The van der Waals surface area contributed by atoms with Crippen molar-refractivity contribution in [3.05, 3.63) is 0 Å². The van der Waals surface area contributed by atoms with Crippen LogP contribution in [0.25, 0.3) is 0 Å². The van der Waals surface area contributed by atoms with E-state index in [9.17, 15) is 4.79 Å². The molecule has 13 heavy (non-hydrogen) atoms. The van der Waals surface area contributed by atoms with Gasteiger partial charge in [-0.2, -0.15) is 11.8 Å². The van der Waals surface area contributed by atoms with Gasteiger partial charge >= 0.3 is 0 Å². The fourth-order valence-corrected chi connectivity index (χ4v) is 2.94. The Morgan fingerprint density at radius 3 is 2.54 bits per heavy atom. The fourth-order valence-electron chi connectivity index (χ4n) is 1.84. The van der Waals surface area contributed by atoms with Crippen LogP contribution >= 0.6 is 11.8 Å². The third-order valence-corrected chi connectivity index (χ3v) is 4.06. The van der Waals surface area contributed by atoms with Gasteiger partial charge in [0.1, 0.15) is 0 Å². The van der Waals surface area contributed by atoms with Crippen molar-refractivity contribution in [1.29, 1.82) is 0 Å². The van der Waals surface area contributed by atoms with Gasteiger partial charge in [0.2, 0.25) is 5.91 Å². The lowest BCUT2D eigenvalue weighted by atomic mass is 10.1. The van der Waals surface area contributed by atoms with Gasteiger partial charge in [-0.15, -0.1) is 0 Å². The molecule has 1 saturated carbocycles. The van der Waals surface area contributed by atoms with Gasteiger partial charge in [-0.3, -0.25) is 4.79 Å². The second kappa shape index (κ2) is 3.91. The molecule has 0 aromatic rings. The minimum atomic E-state index is 0.310. The Labute approximate surface area is 83.8 Å². The van der Waals surface area contributed by atoms with E-state index in [1.54, 1.807) is 0 Å². The van der Waals surface area contributed by atoms with Crippen molar-refractivity contribution in [2.24, 2.45) is 11.8 Å². The molecule has 1 aliphatic carbocycles. The summed E-state index contributed by atoms with van der Waals surface area (Å²) in [5, 5.41) is 3.16. The molecule has 1 saturated heterocycles. The largest absolute Gasteiger partial charge is 0.353 e. The van der Waals surface area contributed by atoms with E-state index in [-0.39, 0.29) is 0 Å². The van der Waals surface area contributed by atoms with Crippen molar-refractivity contribution >= 4 is 17.7 Å². The van der Waals surface area contributed by atoms with E-state index in [1.165, 1.54) is 11.5 Å². The normalized spacial score (nSPS) is 34.2. The molecule has 1 aliphatic heterocycles. The number of carbonyl (C=O) groups is 1. The lowest BCUT2D eigenvalue weighted by Gasteiger charge is -2.22. The summed E-state index contributed by atoms with van der Waals surface area (Å²) in [6.45, 7) is 2.15. The van der Waals surface area contributed by atoms with E-state index >= 15 is 0 Å². The number of amides is 1. The fraction of sp³-hybridized carbons (Fsp3) is 0.900. The van der Waals surface area contributed by atoms with Crippen molar-refractivity contribution in [1.82, 2.24) is 5.32 Å². The van der Waals surface area contributed by atoms with Gasteiger partial charge in [0.25, 0.3) is 0 Å². The maximum absolute atomic E-state index is 11.6. The molecule has 1 heterocycles. The van der Waals surface area contributed by atoms with Gasteiger partial charge in [-0.1, -0.05) is 6.92 Å². The van der Waals surface area contributed by atoms with Gasteiger partial charge < -0.3 is 5.32 Å². The van der Waals surface area contributed by atoms with Crippen LogP contribution in [-0.2, 0) is 4.79 Å². The lowest BCUT2D eigenvalue weighted by Crippen LogP contribution is -2.38. The highest BCUT2D eigenvalue weighted by Gasteiger charge is 2.39. The minimum absolute atomic E-state index is 0.310. The summed E-state index contributed by atoms with van der Waals surface area (Å²) in [4.78, 5) is 11.6. The first-order valence-electron chi connectivity index (χ1n) is 5.15. The molecule has 0 bridgehead atoms. The standard InChI is InChI=1S/C10H17NOS/c1-7-6-9(7)10(12)11-8-2-4-13-5-3-8/h7-9H,2-6H2,1H3,(H,11,12)/t7-,9-/m0/s1. The molecule has 3 heteroatoms. The predicted octanol–water partition coefficient (Wildman–Crippen LogP) is 1.65. The second-order valence-corrected chi connectivity index (χ2v) is 5.44. The van der Waals surface area contributed by atoms with E-state index in [4.69, 9.17) is 0 Å². The summed E-state index contributed by atoms with van der Waals surface area (Å²) < 4.78 is 0. The molecular formula is C10H17NOS. The van der Waals surface area contributed by atoms with Gasteiger partial charge in [0.15, 0.2) is 0 Å². The molecule has 1 amide bonds. The zero-order valence-electron chi connectivity index (χ0n) is 8.08. The van der Waals surface area contributed by atoms with Crippen molar-refractivity contribution < 1.29 is 4.79 Å². The Morgan fingerprint density at radius 2 is 2.00 bits per heavy atom. The second-order valence-electron chi connectivity index (χ2n) is 4.21. The Hall–Kier alpha value is -0.180. The van der Waals surface area contributed by atoms with Crippen LogP contribution in [0.2, 0.25) is 0 Å². The summed E-state index contributed by atoms with van der Waals surface area (Å²) >= 11 is 2.00. The van der Waals surface area contributed by atoms with E-state index in [1.807, 2.05) is 11.8 Å². The molecule has 0 aromatic carbocycles. The third-order valence-electron chi connectivity index (χ3n) is 3.01. The van der Waals surface area contributed by atoms with Gasteiger partial charge in [0, 0.05) is 12.0 Å². The molecule has 0 unspecified atom stereocenters. The highest BCUT2D eigenvalue weighted by molar-refractivity contribution is 7.99. The van der Waals surface area contributed by atoms with E-state index in [0.717, 1.165) is 19.3 Å². The first-order chi connectivity index (χ1) is 6.27. The van der Waals surface area contributed by atoms with Crippen LogP contribution in [0.4, 0.5) is 0 Å². The first kappa shape index (κ1) is 9.38. The number of hydrogen-bond acceptors (Lipinski definition) is 2. The molecule has 74 valence electrons. The van der Waals surface area contributed by atoms with Crippen LogP contribution in [0.15, 0.2) is 0 Å². The van der Waals surface area contributed by atoms with Crippen molar-refractivity contribution in [2.45, 2.75) is 32.2 Å². The molecule has 1 N–H and O–H groups in total. The van der Waals surface area contributed by atoms with Crippen molar-refractivity contribution in [3.63, 3.8) is 0 Å². The summed E-state index contributed by atoms with van der Waals surface area (Å²) in [5.74, 6) is 3.72.